The van der Waals surface area contributed by atoms with Crippen LogP contribution in [0.4, 0.5) is 0 Å². The molecule has 0 fully saturated rings. The Labute approximate surface area is 125 Å². The molecule has 0 saturated heterocycles. The first kappa shape index (κ1) is 17.2. The molecule has 0 aromatic heterocycles. The van der Waals surface area contributed by atoms with Crippen molar-refractivity contribution in [2.75, 3.05) is 20.1 Å². The fraction of sp³-hybridized carbons (Fsp3) is 0.667. The number of hydrogen-bond donors (Lipinski definition) is 1. The molecule has 0 amide bonds. The lowest BCUT2D eigenvalue weighted by atomic mass is 9.79. The van der Waals surface area contributed by atoms with Crippen LogP contribution in [0.15, 0.2) is 30.3 Å². The molecule has 2 nitrogen and oxygen atoms in total. The summed E-state index contributed by atoms with van der Waals surface area (Å²) in [6.07, 6.45) is 1.21. The molecule has 20 heavy (non-hydrogen) atoms. The van der Waals surface area contributed by atoms with Gasteiger partial charge in [-0.25, -0.2) is 0 Å². The van der Waals surface area contributed by atoms with E-state index in [-0.39, 0.29) is 5.41 Å². The van der Waals surface area contributed by atoms with E-state index in [1.54, 1.807) is 0 Å². The highest BCUT2D eigenvalue weighted by atomic mass is 15.2. The molecule has 0 bridgehead atoms. The van der Waals surface area contributed by atoms with Crippen molar-refractivity contribution in [1.29, 1.82) is 0 Å². The number of nitrogens with zero attached hydrogens (tertiary/aromatic N) is 1. The summed E-state index contributed by atoms with van der Waals surface area (Å²) in [6.45, 7) is 13.8. The monoisotopic (exact) mass is 276 g/mol. The largest absolute Gasteiger partial charge is 0.313 e. The van der Waals surface area contributed by atoms with Crippen LogP contribution in [0.25, 0.3) is 0 Å². The van der Waals surface area contributed by atoms with E-state index in [0.717, 1.165) is 13.1 Å². The molecule has 2 atom stereocenters. The molecule has 1 N–H and O–H groups in total. The van der Waals surface area contributed by atoms with Crippen molar-refractivity contribution in [1.82, 2.24) is 10.2 Å². The second-order valence-electron chi connectivity index (χ2n) is 6.44. The Bertz CT molecular complexity index is 372. The predicted octanol–water partition coefficient (Wildman–Crippen LogP) is 4.09. The first-order valence-electron chi connectivity index (χ1n) is 7.92. The Morgan fingerprint density at radius 2 is 1.75 bits per heavy atom. The first-order chi connectivity index (χ1) is 9.46. The maximum absolute atomic E-state index is 3.52. The zero-order valence-corrected chi connectivity index (χ0v) is 14.1. The molecule has 2 unspecified atom stereocenters. The van der Waals surface area contributed by atoms with Crippen molar-refractivity contribution in [2.24, 2.45) is 5.41 Å². The molecule has 1 aromatic carbocycles. The van der Waals surface area contributed by atoms with Crippen molar-refractivity contribution in [3.05, 3.63) is 35.9 Å². The van der Waals surface area contributed by atoms with E-state index in [0.29, 0.717) is 12.1 Å². The highest BCUT2D eigenvalue weighted by Crippen LogP contribution is 2.34. The van der Waals surface area contributed by atoms with Crippen LogP contribution in [0.5, 0.6) is 0 Å². The van der Waals surface area contributed by atoms with E-state index < -0.39 is 0 Å². The van der Waals surface area contributed by atoms with Gasteiger partial charge in [0.25, 0.3) is 0 Å². The molecule has 0 aliphatic rings. The molecular weight excluding hydrogens is 244 g/mol. The number of hydrogen-bond acceptors (Lipinski definition) is 2. The molecule has 0 heterocycles. The van der Waals surface area contributed by atoms with Crippen LogP contribution >= 0.6 is 0 Å². The van der Waals surface area contributed by atoms with Gasteiger partial charge in [-0.1, -0.05) is 58.0 Å². The molecule has 1 aromatic rings. The number of nitrogens with one attached hydrogen (secondary N) is 1. The van der Waals surface area contributed by atoms with Gasteiger partial charge in [0.05, 0.1) is 0 Å². The van der Waals surface area contributed by atoms with E-state index in [2.05, 4.69) is 82.2 Å². The zero-order valence-electron chi connectivity index (χ0n) is 14.1. The molecule has 2 heteroatoms. The maximum Gasteiger partial charge on any atom is 0.0381 e. The van der Waals surface area contributed by atoms with Crippen molar-refractivity contribution < 1.29 is 0 Å². The van der Waals surface area contributed by atoms with Crippen LogP contribution in [-0.4, -0.2) is 31.1 Å². The minimum Gasteiger partial charge on any atom is -0.313 e. The van der Waals surface area contributed by atoms with E-state index in [4.69, 9.17) is 0 Å². The van der Waals surface area contributed by atoms with Crippen LogP contribution < -0.4 is 5.32 Å². The van der Waals surface area contributed by atoms with Gasteiger partial charge in [-0.15, -0.1) is 0 Å². The Balaban J connectivity index is 2.89. The maximum atomic E-state index is 3.52. The van der Waals surface area contributed by atoms with E-state index >= 15 is 0 Å². The van der Waals surface area contributed by atoms with Crippen LogP contribution in [0, 0.1) is 5.41 Å². The standard InChI is InChI=1S/C18H32N2/c1-7-15(3)20(8-2)14-18(4,5)17(19-6)16-12-10-9-11-13-16/h9-13,15,17,19H,7-8,14H2,1-6H3. The predicted molar refractivity (Wildman–Crippen MR) is 89.0 cm³/mol. The van der Waals surface area contributed by atoms with Crippen LogP contribution in [0.1, 0.15) is 52.6 Å². The zero-order chi connectivity index (χ0) is 15.2. The summed E-state index contributed by atoms with van der Waals surface area (Å²) >= 11 is 0. The first-order valence-corrected chi connectivity index (χ1v) is 7.92. The van der Waals surface area contributed by atoms with Crippen LogP contribution in [0.2, 0.25) is 0 Å². The second kappa shape index (κ2) is 7.80. The van der Waals surface area contributed by atoms with E-state index in [9.17, 15) is 0 Å². The minimum absolute atomic E-state index is 0.190. The molecule has 0 aliphatic carbocycles. The Morgan fingerprint density at radius 3 is 2.20 bits per heavy atom. The van der Waals surface area contributed by atoms with Gasteiger partial charge < -0.3 is 10.2 Å². The van der Waals surface area contributed by atoms with Gasteiger partial charge in [0, 0.05) is 18.6 Å². The third-order valence-corrected chi connectivity index (χ3v) is 4.43. The van der Waals surface area contributed by atoms with Crippen molar-refractivity contribution >= 4 is 0 Å². The lowest BCUT2D eigenvalue weighted by molar-refractivity contribution is 0.111. The van der Waals surface area contributed by atoms with Crippen LogP contribution in [0.3, 0.4) is 0 Å². The van der Waals surface area contributed by atoms with Crippen LogP contribution in [-0.2, 0) is 0 Å². The molecule has 0 aliphatic heterocycles. The fourth-order valence-electron chi connectivity index (χ4n) is 3.11. The Hall–Kier alpha value is -0.860. The number of rotatable bonds is 8. The summed E-state index contributed by atoms with van der Waals surface area (Å²) in [7, 11) is 2.07. The quantitative estimate of drug-likeness (QED) is 0.769. The molecule has 0 saturated carbocycles. The normalized spacial score (nSPS) is 15.3. The fourth-order valence-corrected chi connectivity index (χ4v) is 3.11. The van der Waals surface area contributed by atoms with E-state index in [1.807, 2.05) is 0 Å². The number of benzene rings is 1. The Morgan fingerprint density at radius 1 is 1.15 bits per heavy atom. The topological polar surface area (TPSA) is 15.3 Å². The summed E-state index contributed by atoms with van der Waals surface area (Å²) in [6, 6.07) is 11.8. The molecule has 114 valence electrons. The lowest BCUT2D eigenvalue weighted by Crippen LogP contribution is -2.45. The molecular formula is C18H32N2. The third kappa shape index (κ3) is 4.32. The summed E-state index contributed by atoms with van der Waals surface area (Å²) in [5, 5.41) is 3.52. The van der Waals surface area contributed by atoms with Gasteiger partial charge in [0.1, 0.15) is 0 Å². The molecule has 1 rings (SSSR count). The minimum atomic E-state index is 0.190. The highest BCUT2D eigenvalue weighted by Gasteiger charge is 2.32. The van der Waals surface area contributed by atoms with Crippen molar-refractivity contribution in [3.63, 3.8) is 0 Å². The second-order valence-corrected chi connectivity index (χ2v) is 6.44. The third-order valence-electron chi connectivity index (χ3n) is 4.43. The highest BCUT2D eigenvalue weighted by molar-refractivity contribution is 5.21. The summed E-state index contributed by atoms with van der Waals surface area (Å²) < 4.78 is 0. The lowest BCUT2D eigenvalue weighted by Gasteiger charge is -2.40. The van der Waals surface area contributed by atoms with Gasteiger partial charge in [-0.05, 0) is 37.9 Å². The smallest absolute Gasteiger partial charge is 0.0381 e. The van der Waals surface area contributed by atoms with Gasteiger partial charge in [-0.3, -0.25) is 0 Å². The van der Waals surface area contributed by atoms with Gasteiger partial charge in [-0.2, -0.15) is 0 Å². The van der Waals surface area contributed by atoms with Gasteiger partial charge >= 0.3 is 0 Å². The van der Waals surface area contributed by atoms with Gasteiger partial charge in [0.2, 0.25) is 0 Å². The Kier molecular flexibility index (Phi) is 6.70. The summed E-state index contributed by atoms with van der Waals surface area (Å²) in [4.78, 5) is 2.59. The average molecular weight is 276 g/mol. The summed E-state index contributed by atoms with van der Waals surface area (Å²) in [5.41, 5.74) is 1.57. The van der Waals surface area contributed by atoms with Crippen molar-refractivity contribution in [2.45, 2.75) is 53.1 Å². The van der Waals surface area contributed by atoms with E-state index in [1.165, 1.54) is 12.0 Å². The molecule has 0 radical (unpaired) electrons. The average Bonchev–Trinajstić information content (AvgIpc) is 2.45. The van der Waals surface area contributed by atoms with Gasteiger partial charge in [0.15, 0.2) is 0 Å². The van der Waals surface area contributed by atoms with Crippen molar-refractivity contribution in [3.8, 4) is 0 Å². The molecule has 0 spiro atoms. The SMILES string of the molecule is CCC(C)N(CC)CC(C)(C)C(NC)c1ccccc1. The summed E-state index contributed by atoms with van der Waals surface area (Å²) in [5.74, 6) is 0.